The minimum Gasteiger partial charge on any atom is -0.494 e. The van der Waals surface area contributed by atoms with Gasteiger partial charge in [-0.2, -0.15) is 4.98 Å². The lowest BCUT2D eigenvalue weighted by molar-refractivity contribution is 0.340. The van der Waals surface area contributed by atoms with Gasteiger partial charge in [0.2, 0.25) is 5.82 Å². The molecule has 0 radical (unpaired) electrons. The first-order valence-electron chi connectivity index (χ1n) is 11.6. The Balaban J connectivity index is 1.72. The second kappa shape index (κ2) is 10.8. The van der Waals surface area contributed by atoms with E-state index in [1.807, 2.05) is 38.1 Å². The summed E-state index contributed by atoms with van der Waals surface area (Å²) in [6.45, 7) is 7.54. The van der Waals surface area contributed by atoms with Gasteiger partial charge in [-0.25, -0.2) is 4.39 Å². The molecule has 0 saturated carbocycles. The van der Waals surface area contributed by atoms with Gasteiger partial charge in [-0.1, -0.05) is 37.1 Å². The standard InChI is InChI=1S/C26H29FN4O2S/c1-4-6-7-16-31-17(3)22(23(28-26(31)34)18-8-12-20(27)13-9-18)25-29-24(30-33-25)19-10-14-21(15-11-19)32-5-2/h8-15,23H,4-7,16H2,1-3H3,(H,28,34). The number of rotatable bonds is 9. The molecule has 178 valence electrons. The summed E-state index contributed by atoms with van der Waals surface area (Å²) >= 11 is 5.70. The van der Waals surface area contributed by atoms with E-state index in [1.165, 1.54) is 12.1 Å². The molecule has 3 aromatic rings. The van der Waals surface area contributed by atoms with Gasteiger partial charge in [0, 0.05) is 17.8 Å². The van der Waals surface area contributed by atoms with Crippen LogP contribution in [0.5, 0.6) is 5.75 Å². The first-order chi connectivity index (χ1) is 16.5. The highest BCUT2D eigenvalue weighted by Gasteiger charge is 2.33. The fourth-order valence-corrected chi connectivity index (χ4v) is 4.42. The summed E-state index contributed by atoms with van der Waals surface area (Å²) in [6.07, 6.45) is 3.26. The Morgan fingerprint density at radius 3 is 2.50 bits per heavy atom. The Morgan fingerprint density at radius 1 is 1.09 bits per heavy atom. The largest absolute Gasteiger partial charge is 0.494 e. The van der Waals surface area contributed by atoms with Crippen LogP contribution in [0.25, 0.3) is 17.0 Å². The van der Waals surface area contributed by atoms with Crippen molar-refractivity contribution in [1.82, 2.24) is 20.4 Å². The highest BCUT2D eigenvalue weighted by Crippen LogP contribution is 2.37. The number of nitrogens with zero attached hydrogens (tertiary/aromatic N) is 3. The molecule has 1 unspecified atom stereocenters. The number of unbranched alkanes of at least 4 members (excludes halogenated alkanes) is 2. The van der Waals surface area contributed by atoms with Gasteiger partial charge in [-0.15, -0.1) is 0 Å². The third-order valence-corrected chi connectivity index (χ3v) is 6.20. The van der Waals surface area contributed by atoms with Gasteiger partial charge in [0.1, 0.15) is 11.6 Å². The van der Waals surface area contributed by atoms with Gasteiger partial charge < -0.3 is 19.5 Å². The van der Waals surface area contributed by atoms with E-state index in [-0.39, 0.29) is 11.9 Å². The molecule has 1 atom stereocenters. The Morgan fingerprint density at radius 2 is 1.82 bits per heavy atom. The smallest absolute Gasteiger partial charge is 0.258 e. The predicted molar refractivity (Wildman–Crippen MR) is 135 cm³/mol. The van der Waals surface area contributed by atoms with Crippen molar-refractivity contribution in [2.24, 2.45) is 0 Å². The second-order valence-electron chi connectivity index (χ2n) is 8.17. The van der Waals surface area contributed by atoms with E-state index in [1.54, 1.807) is 12.1 Å². The maximum absolute atomic E-state index is 13.6. The molecule has 4 rings (SSSR count). The Labute approximate surface area is 204 Å². The van der Waals surface area contributed by atoms with Crippen LogP contribution in [0.3, 0.4) is 0 Å². The third kappa shape index (κ3) is 5.12. The highest BCUT2D eigenvalue weighted by molar-refractivity contribution is 7.80. The average Bonchev–Trinajstić information content (AvgIpc) is 3.32. The molecule has 0 aliphatic carbocycles. The Kier molecular flexibility index (Phi) is 7.57. The molecule has 0 fully saturated rings. The van der Waals surface area contributed by atoms with E-state index in [9.17, 15) is 4.39 Å². The number of hydrogen-bond donors (Lipinski definition) is 1. The molecule has 0 bridgehead atoms. The van der Waals surface area contributed by atoms with Crippen LogP contribution in [0, 0.1) is 5.82 Å². The predicted octanol–water partition coefficient (Wildman–Crippen LogP) is 6.13. The van der Waals surface area contributed by atoms with Gasteiger partial charge >= 0.3 is 0 Å². The zero-order valence-electron chi connectivity index (χ0n) is 19.7. The number of nitrogens with one attached hydrogen (secondary N) is 1. The molecule has 8 heteroatoms. The zero-order chi connectivity index (χ0) is 24.1. The van der Waals surface area contributed by atoms with Crippen molar-refractivity contribution in [2.45, 2.75) is 46.1 Å². The number of aromatic nitrogens is 2. The first-order valence-corrected chi connectivity index (χ1v) is 12.0. The number of ether oxygens (including phenoxy) is 1. The van der Waals surface area contributed by atoms with E-state index in [0.717, 1.165) is 54.0 Å². The van der Waals surface area contributed by atoms with Gasteiger partial charge in [0.25, 0.3) is 5.89 Å². The molecule has 1 aliphatic heterocycles. The zero-order valence-corrected chi connectivity index (χ0v) is 20.5. The van der Waals surface area contributed by atoms with Crippen molar-refractivity contribution in [2.75, 3.05) is 13.2 Å². The summed E-state index contributed by atoms with van der Waals surface area (Å²) in [7, 11) is 0. The summed E-state index contributed by atoms with van der Waals surface area (Å²) in [5.74, 6) is 1.40. The van der Waals surface area contributed by atoms with E-state index >= 15 is 0 Å². The van der Waals surface area contributed by atoms with Crippen LogP contribution in [0.1, 0.15) is 57.5 Å². The molecule has 34 heavy (non-hydrogen) atoms. The van der Waals surface area contributed by atoms with Gasteiger partial charge in [0.05, 0.1) is 18.2 Å². The van der Waals surface area contributed by atoms with Crippen molar-refractivity contribution < 1.29 is 13.7 Å². The van der Waals surface area contributed by atoms with Crippen LogP contribution in [0.2, 0.25) is 0 Å². The maximum Gasteiger partial charge on any atom is 0.258 e. The normalized spacial score (nSPS) is 16.1. The van der Waals surface area contributed by atoms with Crippen LogP contribution < -0.4 is 10.1 Å². The number of halogens is 1. The summed E-state index contributed by atoms with van der Waals surface area (Å²) < 4.78 is 24.9. The lowest BCUT2D eigenvalue weighted by Gasteiger charge is -2.37. The third-order valence-electron chi connectivity index (χ3n) is 5.86. The van der Waals surface area contributed by atoms with Crippen molar-refractivity contribution >= 4 is 22.9 Å². The maximum atomic E-state index is 13.6. The summed E-state index contributed by atoms with van der Waals surface area (Å²) in [4.78, 5) is 6.80. The lowest BCUT2D eigenvalue weighted by Crippen LogP contribution is -2.46. The van der Waals surface area contributed by atoms with Gasteiger partial charge in [-0.3, -0.25) is 0 Å². The van der Waals surface area contributed by atoms with Crippen LogP contribution in [0.4, 0.5) is 4.39 Å². The van der Waals surface area contributed by atoms with Crippen molar-refractivity contribution in [3.63, 3.8) is 0 Å². The molecule has 1 N–H and O–H groups in total. The summed E-state index contributed by atoms with van der Waals surface area (Å²) in [5, 5.41) is 8.28. The van der Waals surface area contributed by atoms with E-state index in [4.69, 9.17) is 26.5 Å². The molecular weight excluding hydrogens is 451 g/mol. The van der Waals surface area contributed by atoms with Crippen LogP contribution >= 0.6 is 12.2 Å². The molecule has 6 nitrogen and oxygen atoms in total. The molecule has 2 aromatic carbocycles. The number of hydrogen-bond acceptors (Lipinski definition) is 5. The SMILES string of the molecule is CCCCCN1C(=S)NC(c2ccc(F)cc2)C(c2nc(-c3ccc(OCC)cc3)no2)=C1C. The topological polar surface area (TPSA) is 63.4 Å². The van der Waals surface area contributed by atoms with Crippen LogP contribution in [-0.2, 0) is 0 Å². The molecule has 0 saturated heterocycles. The fraction of sp³-hybridized carbons (Fsp3) is 0.346. The second-order valence-corrected chi connectivity index (χ2v) is 8.56. The quantitative estimate of drug-likeness (QED) is 0.292. The van der Waals surface area contributed by atoms with Crippen LogP contribution in [-0.4, -0.2) is 33.3 Å². The lowest BCUT2D eigenvalue weighted by atomic mass is 9.94. The van der Waals surface area contributed by atoms with Crippen molar-refractivity contribution in [3.8, 4) is 17.1 Å². The van der Waals surface area contributed by atoms with E-state index < -0.39 is 0 Å². The molecule has 1 aromatic heterocycles. The molecule has 0 amide bonds. The van der Waals surface area contributed by atoms with Gasteiger partial charge in [0.15, 0.2) is 5.11 Å². The number of thiocarbonyl (C=S) groups is 1. The van der Waals surface area contributed by atoms with E-state index in [2.05, 4.69) is 22.3 Å². The van der Waals surface area contributed by atoms with Gasteiger partial charge in [-0.05, 0) is 74.4 Å². The number of allylic oxidation sites excluding steroid dienone is 1. The van der Waals surface area contributed by atoms with E-state index in [0.29, 0.717) is 23.4 Å². The molecular formula is C26H29FN4O2S. The minimum atomic E-state index is -0.329. The first kappa shape index (κ1) is 23.9. The fourth-order valence-electron chi connectivity index (χ4n) is 4.07. The van der Waals surface area contributed by atoms with Crippen molar-refractivity contribution in [1.29, 1.82) is 0 Å². The molecule has 1 aliphatic rings. The number of benzene rings is 2. The molecule has 0 spiro atoms. The average molecular weight is 481 g/mol. The highest BCUT2D eigenvalue weighted by atomic mass is 32.1. The summed E-state index contributed by atoms with van der Waals surface area (Å²) in [6, 6.07) is 13.6. The Hall–Kier alpha value is -3.26. The Bertz CT molecular complexity index is 1160. The summed E-state index contributed by atoms with van der Waals surface area (Å²) in [5.41, 5.74) is 3.48. The van der Waals surface area contributed by atoms with Crippen molar-refractivity contribution in [3.05, 3.63) is 71.5 Å². The van der Waals surface area contributed by atoms with Crippen LogP contribution in [0.15, 0.2) is 58.8 Å². The molecule has 2 heterocycles. The monoisotopic (exact) mass is 480 g/mol. The minimum absolute atomic E-state index is 0.291.